The van der Waals surface area contributed by atoms with Crippen LogP contribution in [-0.2, 0) is 6.54 Å². The molecular weight excluding hydrogens is 472 g/mol. The number of halogens is 1. The van der Waals surface area contributed by atoms with Crippen molar-refractivity contribution in [1.29, 1.82) is 0 Å². The third-order valence-electron chi connectivity index (χ3n) is 7.11. The standard InChI is InChI=1S/C29H27ClN4O2/c30-24-8-10-25(11-9-24)36-26-6-3-4-20(12-26)15-33-16-22-18-34(19-23(22)17-33)29(35)32-28-14-31-13-21-5-1-2-7-27(21)28/h1-14,22-23H,15-19H2,(H,32,35). The van der Waals surface area contributed by atoms with Crippen molar-refractivity contribution in [1.82, 2.24) is 14.8 Å². The van der Waals surface area contributed by atoms with E-state index in [0.29, 0.717) is 16.9 Å². The number of aromatic nitrogens is 1. The summed E-state index contributed by atoms with van der Waals surface area (Å²) in [4.78, 5) is 21.7. The maximum absolute atomic E-state index is 13.0. The van der Waals surface area contributed by atoms with Crippen LogP contribution in [0.25, 0.3) is 10.8 Å². The van der Waals surface area contributed by atoms with Crippen LogP contribution in [0.4, 0.5) is 10.5 Å². The third-order valence-corrected chi connectivity index (χ3v) is 7.36. The Morgan fingerprint density at radius 3 is 2.50 bits per heavy atom. The van der Waals surface area contributed by atoms with Gasteiger partial charge in [0, 0.05) is 54.7 Å². The molecule has 2 fully saturated rings. The van der Waals surface area contributed by atoms with E-state index in [1.54, 1.807) is 6.20 Å². The third kappa shape index (κ3) is 4.87. The van der Waals surface area contributed by atoms with Crippen LogP contribution in [-0.4, -0.2) is 47.0 Å². The van der Waals surface area contributed by atoms with Gasteiger partial charge in [0.2, 0.25) is 0 Å². The van der Waals surface area contributed by atoms with Crippen LogP contribution >= 0.6 is 11.6 Å². The first-order chi connectivity index (χ1) is 17.6. The van der Waals surface area contributed by atoms with Crippen molar-refractivity contribution in [3.63, 3.8) is 0 Å². The number of likely N-dealkylation sites (tertiary alicyclic amines) is 2. The Bertz CT molecular complexity index is 1370. The molecule has 1 N–H and O–H groups in total. The number of carbonyl (C=O) groups is 1. The molecule has 2 aliphatic heterocycles. The second-order valence-corrected chi connectivity index (χ2v) is 10.1. The number of hydrogen-bond donors (Lipinski definition) is 1. The van der Waals surface area contributed by atoms with Crippen molar-refractivity contribution in [3.8, 4) is 11.5 Å². The first-order valence-corrected chi connectivity index (χ1v) is 12.6. The Morgan fingerprint density at radius 1 is 0.917 bits per heavy atom. The van der Waals surface area contributed by atoms with Gasteiger partial charge in [0.05, 0.1) is 11.9 Å². The molecule has 3 aromatic carbocycles. The maximum Gasteiger partial charge on any atom is 0.321 e. The number of fused-ring (bicyclic) bond motifs is 2. The quantitative estimate of drug-likeness (QED) is 0.352. The Balaban J connectivity index is 1.04. The van der Waals surface area contributed by atoms with Crippen molar-refractivity contribution < 1.29 is 9.53 Å². The van der Waals surface area contributed by atoms with E-state index in [9.17, 15) is 4.79 Å². The lowest BCUT2D eigenvalue weighted by atomic mass is 10.0. The van der Waals surface area contributed by atoms with Crippen LogP contribution in [0.1, 0.15) is 5.56 Å². The fraction of sp³-hybridized carbons (Fsp3) is 0.241. The highest BCUT2D eigenvalue weighted by Gasteiger charge is 2.41. The lowest BCUT2D eigenvalue weighted by Gasteiger charge is -2.22. The van der Waals surface area contributed by atoms with E-state index in [-0.39, 0.29) is 6.03 Å². The Labute approximate surface area is 215 Å². The molecule has 2 unspecified atom stereocenters. The van der Waals surface area contributed by atoms with Crippen molar-refractivity contribution in [3.05, 3.63) is 95.8 Å². The number of amides is 2. The molecule has 4 aromatic rings. The zero-order valence-corrected chi connectivity index (χ0v) is 20.6. The first kappa shape index (κ1) is 22.8. The molecule has 182 valence electrons. The molecule has 6 rings (SSSR count). The summed E-state index contributed by atoms with van der Waals surface area (Å²) >= 11 is 5.97. The average Bonchev–Trinajstić information content (AvgIpc) is 3.45. The number of benzene rings is 3. The zero-order chi connectivity index (χ0) is 24.5. The Hall–Kier alpha value is -3.61. The van der Waals surface area contributed by atoms with Gasteiger partial charge in [0.25, 0.3) is 0 Å². The normalized spacial score (nSPS) is 19.4. The van der Waals surface area contributed by atoms with Crippen molar-refractivity contribution >= 4 is 34.1 Å². The number of nitrogens with one attached hydrogen (secondary N) is 1. The molecule has 0 spiro atoms. The summed E-state index contributed by atoms with van der Waals surface area (Å²) in [7, 11) is 0. The van der Waals surface area contributed by atoms with Crippen LogP contribution < -0.4 is 10.1 Å². The minimum atomic E-state index is -0.0406. The van der Waals surface area contributed by atoms with E-state index in [0.717, 1.165) is 60.7 Å². The molecule has 0 bridgehead atoms. The predicted octanol–water partition coefficient (Wildman–Crippen LogP) is 6.28. The van der Waals surface area contributed by atoms with Crippen molar-refractivity contribution in [2.24, 2.45) is 11.8 Å². The number of rotatable bonds is 5. The maximum atomic E-state index is 13.0. The van der Waals surface area contributed by atoms with E-state index in [2.05, 4.69) is 27.3 Å². The number of hydrogen-bond acceptors (Lipinski definition) is 4. The van der Waals surface area contributed by atoms with Crippen LogP contribution in [0, 0.1) is 11.8 Å². The van der Waals surface area contributed by atoms with Crippen LogP contribution in [0.5, 0.6) is 11.5 Å². The van der Waals surface area contributed by atoms with E-state index in [1.807, 2.05) is 71.8 Å². The number of carbonyl (C=O) groups excluding carboxylic acids is 1. The molecule has 7 heteroatoms. The van der Waals surface area contributed by atoms with Gasteiger partial charge in [0.15, 0.2) is 0 Å². The van der Waals surface area contributed by atoms with E-state index in [4.69, 9.17) is 16.3 Å². The summed E-state index contributed by atoms with van der Waals surface area (Å²) in [6, 6.07) is 23.6. The molecule has 3 heterocycles. The fourth-order valence-electron chi connectivity index (χ4n) is 5.40. The summed E-state index contributed by atoms with van der Waals surface area (Å²) in [6.45, 7) is 4.42. The van der Waals surface area contributed by atoms with Crippen molar-refractivity contribution in [2.45, 2.75) is 6.54 Å². The molecule has 2 atom stereocenters. The fourth-order valence-corrected chi connectivity index (χ4v) is 5.53. The largest absolute Gasteiger partial charge is 0.457 e. The van der Waals surface area contributed by atoms with Gasteiger partial charge in [-0.05, 0) is 53.8 Å². The molecule has 1 aromatic heterocycles. The Morgan fingerprint density at radius 2 is 1.69 bits per heavy atom. The molecular formula is C29H27ClN4O2. The topological polar surface area (TPSA) is 57.7 Å². The second-order valence-electron chi connectivity index (χ2n) is 9.66. The van der Waals surface area contributed by atoms with Gasteiger partial charge in [0.1, 0.15) is 11.5 Å². The molecule has 2 aliphatic rings. The van der Waals surface area contributed by atoms with Crippen LogP contribution in [0.2, 0.25) is 5.02 Å². The number of anilines is 1. The number of nitrogens with zero attached hydrogens (tertiary/aromatic N) is 3. The van der Waals surface area contributed by atoms with E-state index >= 15 is 0 Å². The lowest BCUT2D eigenvalue weighted by Crippen LogP contribution is -2.36. The predicted molar refractivity (Wildman–Crippen MR) is 143 cm³/mol. The Kier molecular flexibility index (Phi) is 6.21. The van der Waals surface area contributed by atoms with Gasteiger partial charge >= 0.3 is 6.03 Å². The summed E-state index contributed by atoms with van der Waals surface area (Å²) in [5, 5.41) is 5.81. The molecule has 36 heavy (non-hydrogen) atoms. The van der Waals surface area contributed by atoms with Gasteiger partial charge in [-0.15, -0.1) is 0 Å². The van der Waals surface area contributed by atoms with Gasteiger partial charge < -0.3 is 15.0 Å². The monoisotopic (exact) mass is 498 g/mol. The summed E-state index contributed by atoms with van der Waals surface area (Å²) in [6.07, 6.45) is 3.54. The van der Waals surface area contributed by atoms with Gasteiger partial charge in [-0.3, -0.25) is 9.88 Å². The molecule has 2 saturated heterocycles. The SMILES string of the molecule is O=C(Nc1cncc2ccccc12)N1CC2CN(Cc3cccc(Oc4ccc(Cl)cc4)c3)CC2C1. The highest BCUT2D eigenvalue weighted by molar-refractivity contribution is 6.30. The van der Waals surface area contributed by atoms with E-state index < -0.39 is 0 Å². The van der Waals surface area contributed by atoms with E-state index in [1.165, 1.54) is 5.56 Å². The number of pyridine rings is 1. The minimum absolute atomic E-state index is 0.0406. The van der Waals surface area contributed by atoms with Gasteiger partial charge in [-0.25, -0.2) is 4.79 Å². The molecule has 6 nitrogen and oxygen atoms in total. The van der Waals surface area contributed by atoms with Crippen LogP contribution in [0.3, 0.4) is 0 Å². The highest BCUT2D eigenvalue weighted by Crippen LogP contribution is 2.33. The summed E-state index contributed by atoms with van der Waals surface area (Å²) < 4.78 is 6.00. The molecule has 0 radical (unpaired) electrons. The number of ether oxygens (including phenoxy) is 1. The average molecular weight is 499 g/mol. The summed E-state index contributed by atoms with van der Waals surface area (Å²) in [5.41, 5.74) is 1.98. The van der Waals surface area contributed by atoms with Gasteiger partial charge in [-0.1, -0.05) is 48.0 Å². The first-order valence-electron chi connectivity index (χ1n) is 12.2. The summed E-state index contributed by atoms with van der Waals surface area (Å²) in [5.74, 6) is 2.58. The number of urea groups is 1. The molecule has 2 amide bonds. The zero-order valence-electron chi connectivity index (χ0n) is 19.8. The highest BCUT2D eigenvalue weighted by atomic mass is 35.5. The molecule has 0 aliphatic carbocycles. The lowest BCUT2D eigenvalue weighted by molar-refractivity contribution is 0.212. The second kappa shape index (κ2) is 9.80. The smallest absolute Gasteiger partial charge is 0.321 e. The van der Waals surface area contributed by atoms with Crippen molar-refractivity contribution in [2.75, 3.05) is 31.5 Å². The molecule has 0 saturated carbocycles. The minimum Gasteiger partial charge on any atom is -0.457 e. The van der Waals surface area contributed by atoms with Crippen LogP contribution in [0.15, 0.2) is 85.2 Å². The van der Waals surface area contributed by atoms with Gasteiger partial charge in [-0.2, -0.15) is 0 Å².